The normalized spacial score (nSPS) is 19.4. The standard InChI is InChI=1S/C21H20O4/c1-3-24-21(23)17-14(2)25-20(18(17)15-10-6-4-7-11-15)19(22)16-12-8-5-9-13-16/h4-13,18,20H,3H2,1-2H3/t18-,20+/m0/s1. The van der Waals surface area contributed by atoms with E-state index in [-0.39, 0.29) is 12.4 Å². The lowest BCUT2D eigenvalue weighted by Crippen LogP contribution is -2.29. The summed E-state index contributed by atoms with van der Waals surface area (Å²) in [5.41, 5.74) is 1.84. The molecular formula is C21H20O4. The van der Waals surface area contributed by atoms with Crippen LogP contribution in [0.5, 0.6) is 0 Å². The molecule has 2 aromatic carbocycles. The van der Waals surface area contributed by atoms with Crippen molar-refractivity contribution >= 4 is 11.8 Å². The third-order valence-corrected chi connectivity index (χ3v) is 4.27. The number of esters is 1. The second kappa shape index (κ2) is 7.34. The van der Waals surface area contributed by atoms with Gasteiger partial charge in [0, 0.05) is 5.56 Å². The van der Waals surface area contributed by atoms with Gasteiger partial charge in [-0.1, -0.05) is 60.7 Å². The second-order valence-corrected chi connectivity index (χ2v) is 5.85. The highest BCUT2D eigenvalue weighted by atomic mass is 16.5. The summed E-state index contributed by atoms with van der Waals surface area (Å²) in [4.78, 5) is 25.5. The van der Waals surface area contributed by atoms with Crippen LogP contribution in [0.25, 0.3) is 0 Å². The molecule has 0 amide bonds. The summed E-state index contributed by atoms with van der Waals surface area (Å²) in [6, 6.07) is 18.5. The first-order valence-electron chi connectivity index (χ1n) is 8.32. The van der Waals surface area contributed by atoms with Gasteiger partial charge in [0.1, 0.15) is 5.76 Å². The highest BCUT2D eigenvalue weighted by molar-refractivity contribution is 6.03. The number of benzene rings is 2. The molecule has 25 heavy (non-hydrogen) atoms. The first-order chi connectivity index (χ1) is 12.1. The average molecular weight is 336 g/mol. The quantitative estimate of drug-likeness (QED) is 0.614. The molecule has 1 aliphatic heterocycles. The number of hydrogen-bond donors (Lipinski definition) is 0. The minimum atomic E-state index is -0.774. The zero-order valence-electron chi connectivity index (χ0n) is 14.3. The molecule has 3 rings (SSSR count). The van der Waals surface area contributed by atoms with Gasteiger partial charge in [0.15, 0.2) is 6.10 Å². The van der Waals surface area contributed by atoms with E-state index in [2.05, 4.69) is 0 Å². The van der Waals surface area contributed by atoms with Gasteiger partial charge in [-0.2, -0.15) is 0 Å². The molecule has 0 radical (unpaired) electrons. The van der Waals surface area contributed by atoms with Crippen LogP contribution in [0.15, 0.2) is 72.0 Å². The highest BCUT2D eigenvalue weighted by Gasteiger charge is 2.44. The summed E-state index contributed by atoms with van der Waals surface area (Å²) in [7, 11) is 0. The molecule has 4 heteroatoms. The Morgan fingerprint density at radius 1 is 1.00 bits per heavy atom. The minimum Gasteiger partial charge on any atom is -0.485 e. The van der Waals surface area contributed by atoms with Gasteiger partial charge < -0.3 is 9.47 Å². The summed E-state index contributed by atoms with van der Waals surface area (Å²) in [6.07, 6.45) is -0.774. The minimum absolute atomic E-state index is 0.145. The summed E-state index contributed by atoms with van der Waals surface area (Å²) < 4.78 is 11.0. The average Bonchev–Trinajstić information content (AvgIpc) is 3.00. The molecule has 1 aliphatic rings. The number of hydrogen-bond acceptors (Lipinski definition) is 4. The SMILES string of the molecule is CCOC(=O)C1=C(C)O[C@@H](C(=O)c2ccccc2)[C@H]1c1ccccc1. The molecule has 0 spiro atoms. The topological polar surface area (TPSA) is 52.6 Å². The van der Waals surface area contributed by atoms with Crippen LogP contribution < -0.4 is 0 Å². The van der Waals surface area contributed by atoms with Gasteiger partial charge >= 0.3 is 5.97 Å². The molecule has 128 valence electrons. The first-order valence-corrected chi connectivity index (χ1v) is 8.32. The highest BCUT2D eigenvalue weighted by Crippen LogP contribution is 2.40. The van der Waals surface area contributed by atoms with Crippen LogP contribution in [0.1, 0.15) is 35.7 Å². The first kappa shape index (κ1) is 17.0. The number of carbonyl (C=O) groups is 2. The van der Waals surface area contributed by atoms with Crippen LogP contribution in [0.4, 0.5) is 0 Å². The molecule has 0 aliphatic carbocycles. The fourth-order valence-corrected chi connectivity index (χ4v) is 3.15. The molecule has 0 N–H and O–H groups in total. The Morgan fingerprint density at radius 2 is 1.60 bits per heavy atom. The zero-order valence-corrected chi connectivity index (χ0v) is 14.3. The van der Waals surface area contributed by atoms with Crippen molar-refractivity contribution in [2.45, 2.75) is 25.9 Å². The van der Waals surface area contributed by atoms with Crippen LogP contribution in [0.2, 0.25) is 0 Å². The fourth-order valence-electron chi connectivity index (χ4n) is 3.15. The van der Waals surface area contributed by atoms with Gasteiger partial charge in [-0.15, -0.1) is 0 Å². The van der Waals surface area contributed by atoms with E-state index in [9.17, 15) is 9.59 Å². The molecule has 0 saturated heterocycles. The lowest BCUT2D eigenvalue weighted by molar-refractivity contribution is -0.138. The van der Waals surface area contributed by atoms with Crippen LogP contribution in [-0.2, 0) is 14.3 Å². The Bertz CT molecular complexity index is 793. The van der Waals surface area contributed by atoms with Crippen molar-refractivity contribution in [1.82, 2.24) is 0 Å². The Kier molecular flexibility index (Phi) is 4.98. The van der Waals surface area contributed by atoms with Crippen molar-refractivity contribution < 1.29 is 19.1 Å². The molecule has 0 bridgehead atoms. The molecule has 0 aromatic heterocycles. The van der Waals surface area contributed by atoms with Crippen LogP contribution >= 0.6 is 0 Å². The largest absolute Gasteiger partial charge is 0.485 e. The molecule has 4 nitrogen and oxygen atoms in total. The van der Waals surface area contributed by atoms with Crippen LogP contribution in [0, 0.1) is 0 Å². The number of rotatable bonds is 5. The van der Waals surface area contributed by atoms with E-state index >= 15 is 0 Å². The number of ether oxygens (including phenoxy) is 2. The Morgan fingerprint density at radius 3 is 2.20 bits per heavy atom. The van der Waals surface area contributed by atoms with E-state index in [0.29, 0.717) is 16.9 Å². The maximum Gasteiger partial charge on any atom is 0.338 e. The predicted octanol–water partition coefficient (Wildman–Crippen LogP) is 3.89. The number of allylic oxidation sites excluding steroid dienone is 1. The third-order valence-electron chi connectivity index (χ3n) is 4.27. The van der Waals surface area contributed by atoms with Crippen molar-refractivity contribution in [3.8, 4) is 0 Å². The fraction of sp³-hybridized carbons (Fsp3) is 0.238. The monoisotopic (exact) mass is 336 g/mol. The molecule has 0 saturated carbocycles. The van der Waals surface area contributed by atoms with E-state index in [1.165, 1.54) is 0 Å². The van der Waals surface area contributed by atoms with Crippen LogP contribution in [0.3, 0.4) is 0 Å². The Hall–Kier alpha value is -2.88. The van der Waals surface area contributed by atoms with Crippen LogP contribution in [-0.4, -0.2) is 24.5 Å². The van der Waals surface area contributed by atoms with E-state index < -0.39 is 18.0 Å². The second-order valence-electron chi connectivity index (χ2n) is 5.85. The molecule has 0 unspecified atom stereocenters. The van der Waals surface area contributed by atoms with E-state index in [4.69, 9.17) is 9.47 Å². The zero-order chi connectivity index (χ0) is 17.8. The molecular weight excluding hydrogens is 316 g/mol. The van der Waals surface area contributed by atoms with Gasteiger partial charge in [-0.25, -0.2) is 4.79 Å². The van der Waals surface area contributed by atoms with Crippen molar-refractivity contribution in [3.05, 3.63) is 83.1 Å². The number of Topliss-reactive ketones (excluding diaryl/α,β-unsaturated/α-hetero) is 1. The van der Waals surface area contributed by atoms with E-state index in [1.54, 1.807) is 26.0 Å². The smallest absolute Gasteiger partial charge is 0.338 e. The van der Waals surface area contributed by atoms with Gasteiger partial charge in [-0.05, 0) is 19.4 Å². The number of carbonyl (C=O) groups excluding carboxylic acids is 2. The summed E-state index contributed by atoms with van der Waals surface area (Å²) in [5, 5.41) is 0. The van der Waals surface area contributed by atoms with Crippen molar-refractivity contribution in [1.29, 1.82) is 0 Å². The van der Waals surface area contributed by atoms with E-state index in [1.807, 2.05) is 48.5 Å². The molecule has 0 fully saturated rings. The van der Waals surface area contributed by atoms with Crippen molar-refractivity contribution in [2.24, 2.45) is 0 Å². The van der Waals surface area contributed by atoms with E-state index in [0.717, 1.165) is 5.56 Å². The summed E-state index contributed by atoms with van der Waals surface area (Å²) >= 11 is 0. The van der Waals surface area contributed by atoms with Crippen molar-refractivity contribution in [2.75, 3.05) is 6.61 Å². The lowest BCUT2D eigenvalue weighted by Gasteiger charge is -2.20. The van der Waals surface area contributed by atoms with Gasteiger partial charge in [0.05, 0.1) is 18.1 Å². The Balaban J connectivity index is 2.02. The lowest BCUT2D eigenvalue weighted by atomic mass is 9.84. The molecule has 1 heterocycles. The Labute approximate surface area is 147 Å². The predicted molar refractivity (Wildman–Crippen MR) is 94.2 cm³/mol. The van der Waals surface area contributed by atoms with Gasteiger partial charge in [0.2, 0.25) is 5.78 Å². The van der Waals surface area contributed by atoms with Gasteiger partial charge in [0.25, 0.3) is 0 Å². The maximum atomic E-state index is 13.0. The number of ketones is 1. The molecule has 2 atom stereocenters. The van der Waals surface area contributed by atoms with Crippen molar-refractivity contribution in [3.63, 3.8) is 0 Å². The van der Waals surface area contributed by atoms with Gasteiger partial charge in [-0.3, -0.25) is 4.79 Å². The summed E-state index contributed by atoms with van der Waals surface area (Å²) in [5.74, 6) is -0.611. The summed E-state index contributed by atoms with van der Waals surface area (Å²) in [6.45, 7) is 3.74. The third kappa shape index (κ3) is 3.33. The molecule has 2 aromatic rings. The maximum absolute atomic E-state index is 13.0.